The highest BCUT2D eigenvalue weighted by molar-refractivity contribution is 5.81. The van der Waals surface area contributed by atoms with Gasteiger partial charge < -0.3 is 19.7 Å². The van der Waals surface area contributed by atoms with Gasteiger partial charge in [-0.15, -0.1) is 15.0 Å². The van der Waals surface area contributed by atoms with Crippen LogP contribution in [0.3, 0.4) is 0 Å². The molecule has 0 amide bonds. The summed E-state index contributed by atoms with van der Waals surface area (Å²) in [5.74, 6) is 0.0588. The molecule has 0 saturated heterocycles. The van der Waals surface area contributed by atoms with Crippen LogP contribution in [-0.2, 0) is 9.53 Å². The van der Waals surface area contributed by atoms with Gasteiger partial charge in [0.25, 0.3) is 0 Å². The molecule has 0 bridgehead atoms. The fourth-order valence-corrected chi connectivity index (χ4v) is 2.40. The molecule has 0 aliphatic heterocycles. The lowest BCUT2D eigenvalue weighted by atomic mass is 10.3. The average molecular weight is 369 g/mol. The smallest absolute Gasteiger partial charge is 0.330 e. The molecule has 1 heterocycles. The number of phenolic OH excluding ortho intramolecular Hbond substituents is 2. The van der Waals surface area contributed by atoms with Crippen molar-refractivity contribution >= 4 is 17.0 Å². The van der Waals surface area contributed by atoms with Gasteiger partial charge in [0.1, 0.15) is 34.0 Å². The zero-order valence-corrected chi connectivity index (χ0v) is 14.5. The second kappa shape index (κ2) is 8.22. The van der Waals surface area contributed by atoms with Crippen LogP contribution in [0, 0.1) is 0 Å². The first-order valence-corrected chi connectivity index (χ1v) is 8.38. The van der Waals surface area contributed by atoms with E-state index in [1.54, 1.807) is 18.2 Å². The zero-order chi connectivity index (χ0) is 19.2. The second-order valence-corrected chi connectivity index (χ2v) is 5.74. The molecule has 0 radical (unpaired) electrons. The molecule has 3 rings (SSSR count). The molecule has 0 atom stereocenters. The van der Waals surface area contributed by atoms with Crippen molar-refractivity contribution in [1.29, 1.82) is 0 Å². The van der Waals surface area contributed by atoms with Crippen LogP contribution in [0.4, 0.5) is 0 Å². The molecule has 27 heavy (non-hydrogen) atoms. The summed E-state index contributed by atoms with van der Waals surface area (Å²) in [4.78, 5) is 12.2. The summed E-state index contributed by atoms with van der Waals surface area (Å²) in [5.41, 5.74) is 1.62. The van der Waals surface area contributed by atoms with E-state index in [4.69, 9.17) is 9.47 Å². The van der Waals surface area contributed by atoms with E-state index in [-0.39, 0.29) is 11.5 Å². The lowest BCUT2D eigenvalue weighted by Crippen LogP contribution is -2.04. The van der Waals surface area contributed by atoms with Crippen molar-refractivity contribution in [1.82, 2.24) is 15.0 Å². The monoisotopic (exact) mass is 369 g/mol. The van der Waals surface area contributed by atoms with Crippen LogP contribution in [0.25, 0.3) is 16.7 Å². The van der Waals surface area contributed by atoms with Crippen molar-refractivity contribution in [2.24, 2.45) is 0 Å². The van der Waals surface area contributed by atoms with E-state index in [1.807, 2.05) is 0 Å². The van der Waals surface area contributed by atoms with Crippen LogP contribution in [0.5, 0.6) is 17.2 Å². The molecule has 0 fully saturated rings. The third-order valence-corrected chi connectivity index (χ3v) is 3.74. The van der Waals surface area contributed by atoms with E-state index in [0.29, 0.717) is 42.1 Å². The van der Waals surface area contributed by atoms with E-state index in [1.165, 1.54) is 23.0 Å². The maximum atomic E-state index is 10.9. The number of hydrogen-bond acceptors (Lipinski definition) is 7. The number of carbonyl (C=O) groups is 1. The molecule has 3 aromatic rings. The molecule has 2 N–H and O–H groups in total. The minimum atomic E-state index is -0.427. The standard InChI is InChI=1S/C19H19N3O5/c1-2-19(25)27-10-4-3-9-26-14-6-7-15-16(12-14)21-22(20-15)17-8-5-13(23)11-18(17)24/h2,5-8,11-12,23-24H,1,3-4,9-10H2. The Morgan fingerprint density at radius 1 is 1.07 bits per heavy atom. The Hall–Kier alpha value is -3.55. The maximum absolute atomic E-state index is 10.9. The quantitative estimate of drug-likeness (QED) is 0.357. The fourth-order valence-electron chi connectivity index (χ4n) is 2.40. The molecular weight excluding hydrogens is 350 g/mol. The predicted molar refractivity (Wildman–Crippen MR) is 98.1 cm³/mol. The molecule has 0 spiro atoms. The fraction of sp³-hybridized carbons (Fsp3) is 0.211. The summed E-state index contributed by atoms with van der Waals surface area (Å²) in [6, 6.07) is 9.52. The Labute approximate surface area is 155 Å². The summed E-state index contributed by atoms with van der Waals surface area (Å²) < 4.78 is 10.6. The van der Waals surface area contributed by atoms with Gasteiger partial charge in [-0.2, -0.15) is 0 Å². The molecular formula is C19H19N3O5. The lowest BCUT2D eigenvalue weighted by Gasteiger charge is -2.06. The van der Waals surface area contributed by atoms with Crippen LogP contribution in [-0.4, -0.2) is 44.4 Å². The normalized spacial score (nSPS) is 10.7. The van der Waals surface area contributed by atoms with Crippen LogP contribution < -0.4 is 4.74 Å². The van der Waals surface area contributed by atoms with E-state index in [0.717, 1.165) is 12.5 Å². The Kier molecular flexibility index (Phi) is 5.55. The van der Waals surface area contributed by atoms with Crippen molar-refractivity contribution < 1.29 is 24.5 Å². The first-order chi connectivity index (χ1) is 13.1. The van der Waals surface area contributed by atoms with Crippen molar-refractivity contribution in [2.45, 2.75) is 12.8 Å². The summed E-state index contributed by atoms with van der Waals surface area (Å²) in [7, 11) is 0. The first-order valence-electron chi connectivity index (χ1n) is 8.38. The van der Waals surface area contributed by atoms with Crippen LogP contribution in [0.15, 0.2) is 49.1 Å². The van der Waals surface area contributed by atoms with Gasteiger partial charge in [0.2, 0.25) is 0 Å². The van der Waals surface area contributed by atoms with E-state index in [2.05, 4.69) is 16.8 Å². The van der Waals surface area contributed by atoms with Gasteiger partial charge in [0, 0.05) is 18.2 Å². The average Bonchev–Trinajstić information content (AvgIpc) is 3.07. The molecule has 0 unspecified atom stereocenters. The minimum absolute atomic E-state index is 0.0390. The highest BCUT2D eigenvalue weighted by atomic mass is 16.5. The molecule has 8 heteroatoms. The molecule has 0 aliphatic rings. The van der Waals surface area contributed by atoms with Crippen molar-refractivity contribution in [3.8, 4) is 22.9 Å². The van der Waals surface area contributed by atoms with Crippen molar-refractivity contribution in [2.75, 3.05) is 13.2 Å². The minimum Gasteiger partial charge on any atom is -0.508 e. The van der Waals surface area contributed by atoms with Crippen molar-refractivity contribution in [3.05, 3.63) is 49.1 Å². The van der Waals surface area contributed by atoms with Crippen LogP contribution in [0.2, 0.25) is 0 Å². The number of esters is 1. The molecule has 140 valence electrons. The Morgan fingerprint density at radius 2 is 1.85 bits per heavy atom. The van der Waals surface area contributed by atoms with Gasteiger partial charge >= 0.3 is 5.97 Å². The summed E-state index contributed by atoms with van der Waals surface area (Å²) in [6.07, 6.45) is 2.56. The lowest BCUT2D eigenvalue weighted by molar-refractivity contribution is -0.137. The van der Waals surface area contributed by atoms with Gasteiger partial charge in [0.05, 0.1) is 13.2 Å². The van der Waals surface area contributed by atoms with E-state index < -0.39 is 5.97 Å². The van der Waals surface area contributed by atoms with Gasteiger partial charge in [-0.3, -0.25) is 0 Å². The Morgan fingerprint density at radius 3 is 2.63 bits per heavy atom. The summed E-state index contributed by atoms with van der Waals surface area (Å²) in [5, 5.41) is 28.0. The van der Waals surface area contributed by atoms with Gasteiger partial charge in [0.15, 0.2) is 0 Å². The third kappa shape index (κ3) is 4.55. The van der Waals surface area contributed by atoms with E-state index in [9.17, 15) is 15.0 Å². The third-order valence-electron chi connectivity index (χ3n) is 3.74. The van der Waals surface area contributed by atoms with Crippen molar-refractivity contribution in [3.63, 3.8) is 0 Å². The number of unbranched alkanes of at least 4 members (excludes halogenated alkanes) is 1. The molecule has 0 aliphatic carbocycles. The number of fused-ring (bicyclic) bond motifs is 1. The highest BCUT2D eigenvalue weighted by Crippen LogP contribution is 2.26. The highest BCUT2D eigenvalue weighted by Gasteiger charge is 2.10. The van der Waals surface area contributed by atoms with E-state index >= 15 is 0 Å². The van der Waals surface area contributed by atoms with Crippen LogP contribution >= 0.6 is 0 Å². The number of nitrogens with zero attached hydrogens (tertiary/aromatic N) is 3. The van der Waals surface area contributed by atoms with Gasteiger partial charge in [-0.1, -0.05) is 6.58 Å². The first kappa shape index (κ1) is 18.2. The van der Waals surface area contributed by atoms with Gasteiger partial charge in [-0.05, 0) is 37.1 Å². The second-order valence-electron chi connectivity index (χ2n) is 5.74. The molecule has 2 aromatic carbocycles. The number of ether oxygens (including phenoxy) is 2. The number of hydrogen-bond donors (Lipinski definition) is 2. The summed E-state index contributed by atoms with van der Waals surface area (Å²) >= 11 is 0. The number of rotatable bonds is 8. The number of benzene rings is 2. The number of phenols is 2. The topological polar surface area (TPSA) is 107 Å². The van der Waals surface area contributed by atoms with Crippen LogP contribution in [0.1, 0.15) is 12.8 Å². The Balaban J connectivity index is 1.60. The number of aromatic nitrogens is 3. The predicted octanol–water partition coefficient (Wildman–Crippen LogP) is 2.72. The zero-order valence-electron chi connectivity index (χ0n) is 14.5. The Bertz CT molecular complexity index is 967. The molecule has 0 saturated carbocycles. The number of aromatic hydroxyl groups is 2. The maximum Gasteiger partial charge on any atom is 0.330 e. The molecule has 8 nitrogen and oxygen atoms in total. The largest absolute Gasteiger partial charge is 0.508 e. The molecule has 1 aromatic heterocycles. The van der Waals surface area contributed by atoms with Gasteiger partial charge in [-0.25, -0.2) is 4.79 Å². The SMILES string of the molecule is C=CC(=O)OCCCCOc1ccc2nn(-c3ccc(O)cc3O)nc2c1. The summed E-state index contributed by atoms with van der Waals surface area (Å²) in [6.45, 7) is 4.14. The number of carbonyl (C=O) groups excluding carboxylic acids is 1.